The predicted octanol–water partition coefficient (Wildman–Crippen LogP) is 4.03. The molecule has 0 radical (unpaired) electrons. The summed E-state index contributed by atoms with van der Waals surface area (Å²) < 4.78 is 10.9. The summed E-state index contributed by atoms with van der Waals surface area (Å²) in [4.78, 5) is 16.1. The number of pyridine rings is 1. The number of methoxy groups -OCH3 is 1. The number of carbonyl (C=O) groups excluding carboxylic acids is 1. The van der Waals surface area contributed by atoms with E-state index in [1.165, 1.54) is 0 Å². The van der Waals surface area contributed by atoms with Gasteiger partial charge in [0.15, 0.2) is 0 Å². The molecule has 0 aliphatic heterocycles. The van der Waals surface area contributed by atoms with E-state index < -0.39 is 0 Å². The van der Waals surface area contributed by atoms with Crippen molar-refractivity contribution < 1.29 is 14.3 Å². The molecule has 0 fully saturated rings. The second kappa shape index (κ2) is 8.76. The first kappa shape index (κ1) is 19.1. The second-order valence-electron chi connectivity index (χ2n) is 6.46. The Labute approximate surface area is 153 Å². The van der Waals surface area contributed by atoms with E-state index in [4.69, 9.17) is 9.47 Å². The number of thioether (sulfide) groups is 1. The van der Waals surface area contributed by atoms with Crippen molar-refractivity contribution in [2.24, 2.45) is 0 Å². The van der Waals surface area contributed by atoms with Crippen molar-refractivity contribution in [2.45, 2.75) is 32.1 Å². The van der Waals surface area contributed by atoms with E-state index in [-0.39, 0.29) is 10.7 Å². The van der Waals surface area contributed by atoms with Crippen LogP contribution in [0.4, 0.5) is 0 Å². The number of amides is 1. The summed E-state index contributed by atoms with van der Waals surface area (Å²) in [6, 6.07) is 11.0. The number of rotatable bonds is 7. The molecule has 134 valence electrons. The summed E-state index contributed by atoms with van der Waals surface area (Å²) in [6.07, 6.45) is 1.70. The average molecular weight is 360 g/mol. The minimum atomic E-state index is 0.0247. The second-order valence-corrected chi connectivity index (χ2v) is 8.27. The smallest absolute Gasteiger partial charge is 0.230 e. The Morgan fingerprint density at radius 2 is 1.96 bits per heavy atom. The quantitative estimate of drug-likeness (QED) is 0.808. The van der Waals surface area contributed by atoms with Crippen LogP contribution in [0, 0.1) is 0 Å². The molecule has 1 heterocycles. The maximum atomic E-state index is 11.8. The maximum absolute atomic E-state index is 11.8. The molecule has 1 N–H and O–H groups in total. The SMILES string of the molecule is COc1cccc(Oc2ccc(CNC(=O)CSC(C)(C)C)cn2)c1. The molecule has 0 aliphatic carbocycles. The number of nitrogens with one attached hydrogen (secondary N) is 1. The standard InChI is InChI=1S/C19H24N2O3S/c1-19(2,3)25-13-17(22)20-11-14-8-9-18(21-12-14)24-16-7-5-6-15(10-16)23-4/h5-10,12H,11,13H2,1-4H3,(H,20,22). The molecule has 2 aromatic rings. The van der Waals surface area contributed by atoms with Crippen molar-refractivity contribution in [3.05, 3.63) is 48.2 Å². The average Bonchev–Trinajstić information content (AvgIpc) is 2.59. The van der Waals surface area contributed by atoms with Gasteiger partial charge in [0.2, 0.25) is 11.8 Å². The number of benzene rings is 1. The number of aromatic nitrogens is 1. The van der Waals surface area contributed by atoms with Crippen molar-refractivity contribution in [2.75, 3.05) is 12.9 Å². The van der Waals surface area contributed by atoms with Gasteiger partial charge in [-0.2, -0.15) is 0 Å². The van der Waals surface area contributed by atoms with Gasteiger partial charge in [-0.3, -0.25) is 4.79 Å². The van der Waals surface area contributed by atoms with E-state index in [9.17, 15) is 4.79 Å². The first-order chi connectivity index (χ1) is 11.9. The Balaban J connectivity index is 1.84. The van der Waals surface area contributed by atoms with E-state index in [2.05, 4.69) is 31.1 Å². The van der Waals surface area contributed by atoms with Gasteiger partial charge in [-0.15, -0.1) is 11.8 Å². The van der Waals surface area contributed by atoms with Crippen LogP contribution in [0.3, 0.4) is 0 Å². The Bertz CT molecular complexity index is 697. The number of hydrogen-bond acceptors (Lipinski definition) is 5. The van der Waals surface area contributed by atoms with E-state index in [0.717, 1.165) is 11.3 Å². The summed E-state index contributed by atoms with van der Waals surface area (Å²) in [5.74, 6) is 2.36. The van der Waals surface area contributed by atoms with Crippen LogP contribution in [0.15, 0.2) is 42.6 Å². The monoisotopic (exact) mass is 360 g/mol. The lowest BCUT2D eigenvalue weighted by atomic mass is 10.3. The summed E-state index contributed by atoms with van der Waals surface area (Å²) in [7, 11) is 1.61. The number of hydrogen-bond donors (Lipinski definition) is 1. The molecule has 0 saturated carbocycles. The first-order valence-electron chi connectivity index (χ1n) is 8.03. The van der Waals surface area contributed by atoms with E-state index in [1.807, 2.05) is 24.3 Å². The molecule has 1 aromatic heterocycles. The lowest BCUT2D eigenvalue weighted by Crippen LogP contribution is -2.26. The normalized spacial score (nSPS) is 11.0. The molecule has 1 aromatic carbocycles. The van der Waals surface area contributed by atoms with E-state index in [0.29, 0.717) is 23.9 Å². The number of carbonyl (C=O) groups is 1. The molecule has 0 unspecified atom stereocenters. The van der Waals surface area contributed by atoms with Crippen LogP contribution >= 0.6 is 11.8 Å². The number of nitrogens with zero attached hydrogens (tertiary/aromatic N) is 1. The highest BCUT2D eigenvalue weighted by atomic mass is 32.2. The lowest BCUT2D eigenvalue weighted by molar-refractivity contribution is -0.118. The van der Waals surface area contributed by atoms with Crippen LogP contribution in [0.25, 0.3) is 0 Å². The molecule has 0 aliphatic rings. The summed E-state index contributed by atoms with van der Waals surface area (Å²) in [6.45, 7) is 6.73. The molecule has 6 heteroatoms. The van der Waals surface area contributed by atoms with Gasteiger partial charge in [-0.1, -0.05) is 32.9 Å². The van der Waals surface area contributed by atoms with Crippen molar-refractivity contribution in [1.29, 1.82) is 0 Å². The topological polar surface area (TPSA) is 60.5 Å². The lowest BCUT2D eigenvalue weighted by Gasteiger charge is -2.17. The molecule has 0 saturated heterocycles. The van der Waals surface area contributed by atoms with Crippen LogP contribution in [-0.4, -0.2) is 28.5 Å². The Morgan fingerprint density at radius 3 is 2.60 bits per heavy atom. The Morgan fingerprint density at radius 1 is 1.20 bits per heavy atom. The van der Waals surface area contributed by atoms with Crippen LogP contribution in [0.1, 0.15) is 26.3 Å². The van der Waals surface area contributed by atoms with Gasteiger partial charge in [-0.05, 0) is 17.7 Å². The van der Waals surface area contributed by atoms with Crippen molar-refractivity contribution >= 4 is 17.7 Å². The first-order valence-corrected chi connectivity index (χ1v) is 9.02. The van der Waals surface area contributed by atoms with Crippen molar-refractivity contribution in [3.8, 4) is 17.4 Å². The zero-order valence-electron chi connectivity index (χ0n) is 15.0. The van der Waals surface area contributed by atoms with Crippen LogP contribution in [0.2, 0.25) is 0 Å². The highest BCUT2D eigenvalue weighted by Gasteiger charge is 2.13. The van der Waals surface area contributed by atoms with Crippen LogP contribution in [0.5, 0.6) is 17.4 Å². The molecule has 5 nitrogen and oxygen atoms in total. The van der Waals surface area contributed by atoms with Gasteiger partial charge in [0, 0.05) is 29.6 Å². The molecule has 0 atom stereocenters. The largest absolute Gasteiger partial charge is 0.497 e. The maximum Gasteiger partial charge on any atom is 0.230 e. The molecular formula is C19H24N2O3S. The van der Waals surface area contributed by atoms with E-state index in [1.54, 1.807) is 37.2 Å². The zero-order chi connectivity index (χ0) is 18.3. The molecule has 1 amide bonds. The van der Waals surface area contributed by atoms with Gasteiger partial charge in [-0.25, -0.2) is 4.98 Å². The van der Waals surface area contributed by atoms with Crippen LogP contribution in [-0.2, 0) is 11.3 Å². The van der Waals surface area contributed by atoms with Gasteiger partial charge < -0.3 is 14.8 Å². The third kappa shape index (κ3) is 7.05. The Hall–Kier alpha value is -2.21. The molecule has 0 bridgehead atoms. The molecule has 2 rings (SSSR count). The summed E-state index contributed by atoms with van der Waals surface area (Å²) in [5, 5.41) is 2.90. The van der Waals surface area contributed by atoms with E-state index >= 15 is 0 Å². The van der Waals surface area contributed by atoms with Gasteiger partial charge >= 0.3 is 0 Å². The molecule has 25 heavy (non-hydrogen) atoms. The highest BCUT2D eigenvalue weighted by molar-refractivity contribution is 8.01. The fourth-order valence-corrected chi connectivity index (χ4v) is 2.56. The minimum Gasteiger partial charge on any atom is -0.497 e. The predicted molar refractivity (Wildman–Crippen MR) is 101 cm³/mol. The highest BCUT2D eigenvalue weighted by Crippen LogP contribution is 2.24. The minimum absolute atomic E-state index is 0.0247. The summed E-state index contributed by atoms with van der Waals surface area (Å²) >= 11 is 1.63. The van der Waals surface area contributed by atoms with Crippen molar-refractivity contribution in [3.63, 3.8) is 0 Å². The Kier molecular flexibility index (Phi) is 6.70. The molecular weight excluding hydrogens is 336 g/mol. The van der Waals surface area contributed by atoms with Gasteiger partial charge in [0.05, 0.1) is 12.9 Å². The summed E-state index contributed by atoms with van der Waals surface area (Å²) in [5.41, 5.74) is 0.923. The zero-order valence-corrected chi connectivity index (χ0v) is 15.9. The fraction of sp³-hybridized carbons (Fsp3) is 0.368. The van der Waals surface area contributed by atoms with Crippen LogP contribution < -0.4 is 14.8 Å². The third-order valence-corrected chi connectivity index (χ3v) is 4.46. The van der Waals surface area contributed by atoms with Crippen molar-refractivity contribution in [1.82, 2.24) is 10.3 Å². The fourth-order valence-electron chi connectivity index (χ4n) is 1.90. The van der Waals surface area contributed by atoms with Gasteiger partial charge in [0.25, 0.3) is 0 Å². The third-order valence-electron chi connectivity index (χ3n) is 3.19. The van der Waals surface area contributed by atoms with Gasteiger partial charge in [0.1, 0.15) is 11.5 Å². The number of ether oxygens (including phenoxy) is 2. The molecule has 0 spiro atoms.